The lowest BCUT2D eigenvalue weighted by atomic mass is 10.0. The van der Waals surface area contributed by atoms with E-state index in [4.69, 9.17) is 14.2 Å². The number of carbonyl (C=O) groups excluding carboxylic acids is 3. The first kappa shape index (κ1) is 70.4. The maximum atomic E-state index is 12.9. The lowest BCUT2D eigenvalue weighted by Gasteiger charge is -2.18. The molecule has 0 saturated carbocycles. The van der Waals surface area contributed by atoms with Crippen molar-refractivity contribution in [2.45, 2.75) is 393 Å². The third-order valence-corrected chi connectivity index (χ3v) is 15.4. The van der Waals surface area contributed by atoms with E-state index < -0.39 is 6.10 Å². The van der Waals surface area contributed by atoms with Crippen LogP contribution in [-0.4, -0.2) is 37.2 Å². The summed E-state index contributed by atoms with van der Waals surface area (Å²) in [4.78, 5) is 38.3. The van der Waals surface area contributed by atoms with Gasteiger partial charge in [0.05, 0.1) is 0 Å². The molecule has 1 atom stereocenters. The minimum absolute atomic E-state index is 0.0604. The van der Waals surface area contributed by atoms with Crippen LogP contribution in [0.25, 0.3) is 0 Å². The van der Waals surface area contributed by atoms with Crippen LogP contribution in [0.3, 0.4) is 0 Å². The van der Waals surface area contributed by atoms with Gasteiger partial charge in [0, 0.05) is 19.3 Å². The Kier molecular flexibility index (Phi) is 60.6. The zero-order chi connectivity index (χ0) is 52.2. The molecule has 428 valence electrons. The highest BCUT2D eigenvalue weighted by Gasteiger charge is 2.19. The summed E-state index contributed by atoms with van der Waals surface area (Å²) in [5.74, 6) is -0.823. The normalized spacial score (nSPS) is 11.9. The van der Waals surface area contributed by atoms with Gasteiger partial charge in [0.2, 0.25) is 0 Å². The summed E-state index contributed by atoms with van der Waals surface area (Å²) in [6.45, 7) is 6.73. The minimum Gasteiger partial charge on any atom is -0.462 e. The van der Waals surface area contributed by atoms with Gasteiger partial charge in [-0.1, -0.05) is 348 Å². The van der Waals surface area contributed by atoms with Crippen LogP contribution in [0.2, 0.25) is 0 Å². The Labute approximate surface area is 450 Å². The summed E-state index contributed by atoms with van der Waals surface area (Å²) in [7, 11) is 0. The van der Waals surface area contributed by atoms with E-state index in [-0.39, 0.29) is 31.1 Å². The van der Waals surface area contributed by atoms with Gasteiger partial charge in [0.25, 0.3) is 0 Å². The van der Waals surface area contributed by atoms with Gasteiger partial charge in [0.15, 0.2) is 6.10 Å². The van der Waals surface area contributed by atoms with Crippen molar-refractivity contribution in [1.82, 2.24) is 0 Å². The highest BCUT2D eigenvalue weighted by Crippen LogP contribution is 2.19. The van der Waals surface area contributed by atoms with Gasteiger partial charge in [-0.15, -0.1) is 0 Å². The molecule has 6 nitrogen and oxygen atoms in total. The molecule has 6 heteroatoms. The summed E-state index contributed by atoms with van der Waals surface area (Å²) in [5, 5.41) is 0. The van der Waals surface area contributed by atoms with E-state index in [2.05, 4.69) is 20.8 Å². The second kappa shape index (κ2) is 62.0. The molecule has 0 N–H and O–H groups in total. The monoisotopic (exact) mass is 1020 g/mol. The molecule has 0 aromatic heterocycles. The van der Waals surface area contributed by atoms with E-state index in [1.165, 1.54) is 289 Å². The number of ether oxygens (including phenoxy) is 3. The summed E-state index contributed by atoms with van der Waals surface area (Å²) < 4.78 is 17.0. The summed E-state index contributed by atoms with van der Waals surface area (Å²) in [6.07, 6.45) is 71.1. The van der Waals surface area contributed by atoms with E-state index >= 15 is 0 Å². The van der Waals surface area contributed by atoms with Crippen LogP contribution in [0.4, 0.5) is 0 Å². The molecule has 0 heterocycles. The number of rotatable bonds is 62. The topological polar surface area (TPSA) is 78.9 Å². The highest BCUT2D eigenvalue weighted by atomic mass is 16.6. The molecular weight excluding hydrogens is 889 g/mol. The summed E-state index contributed by atoms with van der Waals surface area (Å²) in [5.41, 5.74) is 0. The van der Waals surface area contributed by atoms with E-state index in [1.807, 2.05) is 0 Å². The molecule has 0 aliphatic heterocycles. The SMILES string of the molecule is CCCCCCCCCCCCCCCCCCCCCCCCCC(=O)OCC(COC(=O)CCCCCCCCCCCCCCCCC)OC(=O)CCCCCCCCCCCCCCCCCC. The van der Waals surface area contributed by atoms with Gasteiger partial charge in [-0.05, 0) is 19.3 Å². The van der Waals surface area contributed by atoms with Gasteiger partial charge in [-0.3, -0.25) is 14.4 Å². The lowest BCUT2D eigenvalue weighted by Crippen LogP contribution is -2.30. The first-order valence-corrected chi connectivity index (χ1v) is 33.0. The fourth-order valence-electron chi connectivity index (χ4n) is 10.4. The molecule has 0 saturated heterocycles. The number of esters is 3. The maximum Gasteiger partial charge on any atom is 0.306 e. The standard InChI is InChI=1S/C66H128O6/c1-4-7-10-13-16-19-22-25-28-30-31-32-33-34-35-36-39-41-44-47-50-53-56-59-65(68)71-62-63(61-70-64(67)58-55-52-49-46-43-40-37-27-24-21-18-15-12-9-6-3)72-66(69)60-57-54-51-48-45-42-38-29-26-23-20-17-14-11-8-5-2/h63H,4-62H2,1-3H3. The molecule has 0 aromatic rings. The zero-order valence-corrected chi connectivity index (χ0v) is 49.2. The van der Waals surface area contributed by atoms with Crippen molar-refractivity contribution in [3.05, 3.63) is 0 Å². The average Bonchev–Trinajstić information content (AvgIpc) is 3.38. The lowest BCUT2D eigenvalue weighted by molar-refractivity contribution is -0.167. The Bertz CT molecular complexity index is 1080. The predicted molar refractivity (Wildman–Crippen MR) is 312 cm³/mol. The molecular formula is C66H128O6. The third kappa shape index (κ3) is 59.3. The fourth-order valence-corrected chi connectivity index (χ4v) is 10.4. The van der Waals surface area contributed by atoms with Crippen molar-refractivity contribution in [2.75, 3.05) is 13.2 Å². The van der Waals surface area contributed by atoms with Gasteiger partial charge >= 0.3 is 17.9 Å². The zero-order valence-electron chi connectivity index (χ0n) is 49.2. The quantitative estimate of drug-likeness (QED) is 0.0343. The largest absolute Gasteiger partial charge is 0.462 e. The summed E-state index contributed by atoms with van der Waals surface area (Å²) in [6, 6.07) is 0. The molecule has 0 aromatic carbocycles. The fraction of sp³-hybridized carbons (Fsp3) is 0.955. The number of carbonyl (C=O) groups is 3. The van der Waals surface area contributed by atoms with Crippen molar-refractivity contribution >= 4 is 17.9 Å². The van der Waals surface area contributed by atoms with Crippen LogP contribution >= 0.6 is 0 Å². The Balaban J connectivity index is 4.22. The average molecular weight is 1020 g/mol. The van der Waals surface area contributed by atoms with Crippen molar-refractivity contribution in [1.29, 1.82) is 0 Å². The first-order chi connectivity index (χ1) is 35.5. The third-order valence-electron chi connectivity index (χ3n) is 15.4. The Morgan fingerprint density at radius 1 is 0.222 bits per heavy atom. The van der Waals surface area contributed by atoms with Gasteiger partial charge < -0.3 is 14.2 Å². The van der Waals surface area contributed by atoms with Crippen LogP contribution in [0.1, 0.15) is 387 Å². The van der Waals surface area contributed by atoms with Crippen molar-refractivity contribution in [3.8, 4) is 0 Å². The maximum absolute atomic E-state index is 12.9. The van der Waals surface area contributed by atoms with Gasteiger partial charge in [-0.25, -0.2) is 0 Å². The minimum atomic E-state index is -0.762. The van der Waals surface area contributed by atoms with E-state index in [0.29, 0.717) is 19.3 Å². The van der Waals surface area contributed by atoms with Crippen LogP contribution in [0.5, 0.6) is 0 Å². The molecule has 0 rings (SSSR count). The summed E-state index contributed by atoms with van der Waals surface area (Å²) >= 11 is 0. The molecule has 0 amide bonds. The molecule has 72 heavy (non-hydrogen) atoms. The molecule has 0 radical (unpaired) electrons. The molecule has 1 unspecified atom stereocenters. The Morgan fingerprint density at radius 3 is 0.556 bits per heavy atom. The van der Waals surface area contributed by atoms with Gasteiger partial charge in [-0.2, -0.15) is 0 Å². The predicted octanol–water partition coefficient (Wildman–Crippen LogP) is 22.3. The second-order valence-electron chi connectivity index (χ2n) is 22.8. The van der Waals surface area contributed by atoms with Crippen LogP contribution < -0.4 is 0 Å². The highest BCUT2D eigenvalue weighted by molar-refractivity contribution is 5.71. The van der Waals surface area contributed by atoms with Crippen LogP contribution in [0, 0.1) is 0 Å². The van der Waals surface area contributed by atoms with Crippen molar-refractivity contribution in [3.63, 3.8) is 0 Å². The van der Waals surface area contributed by atoms with Crippen LogP contribution in [0.15, 0.2) is 0 Å². The van der Waals surface area contributed by atoms with E-state index in [9.17, 15) is 14.4 Å². The van der Waals surface area contributed by atoms with Crippen molar-refractivity contribution in [2.24, 2.45) is 0 Å². The number of hydrogen-bond donors (Lipinski definition) is 0. The van der Waals surface area contributed by atoms with Crippen molar-refractivity contribution < 1.29 is 28.6 Å². The van der Waals surface area contributed by atoms with E-state index in [0.717, 1.165) is 57.8 Å². The molecule has 0 bridgehead atoms. The number of unbranched alkanes of at least 4 members (excludes halogenated alkanes) is 51. The smallest absolute Gasteiger partial charge is 0.306 e. The number of hydrogen-bond acceptors (Lipinski definition) is 6. The van der Waals surface area contributed by atoms with E-state index in [1.54, 1.807) is 0 Å². The molecule has 0 spiro atoms. The first-order valence-electron chi connectivity index (χ1n) is 33.0. The van der Waals surface area contributed by atoms with Crippen LogP contribution in [-0.2, 0) is 28.6 Å². The Hall–Kier alpha value is -1.59. The molecule has 0 aliphatic rings. The second-order valence-corrected chi connectivity index (χ2v) is 22.8. The van der Waals surface area contributed by atoms with Gasteiger partial charge in [0.1, 0.15) is 13.2 Å². The Morgan fingerprint density at radius 2 is 0.375 bits per heavy atom. The molecule has 0 fully saturated rings. The molecule has 0 aliphatic carbocycles.